The number of rotatable bonds is 7. The molecule has 100 valence electrons. The van der Waals surface area contributed by atoms with Crippen LogP contribution in [0.25, 0.3) is 0 Å². The first-order valence-corrected chi connectivity index (χ1v) is 6.34. The normalized spacial score (nSPS) is 10.7. The average molecular weight is 264 g/mol. The van der Waals surface area contributed by atoms with E-state index in [0.29, 0.717) is 12.6 Å². The molecule has 2 N–H and O–H groups in total. The highest BCUT2D eigenvalue weighted by atomic mass is 35.5. The van der Waals surface area contributed by atoms with Crippen molar-refractivity contribution in [2.45, 2.75) is 32.7 Å². The third-order valence-corrected chi connectivity index (χ3v) is 2.72. The summed E-state index contributed by atoms with van der Waals surface area (Å²) >= 11 is 5.25. The standard InChI is InChI=1S/C11H22ClN3O2/c1-9(2)15(3)7-5-4-6-13-11(17)14-10(16)8-12/h9H,4-8H2,1-3H3,(H2,13,14,16,17). The van der Waals surface area contributed by atoms with Crippen molar-refractivity contribution < 1.29 is 9.59 Å². The maximum atomic E-state index is 11.1. The summed E-state index contributed by atoms with van der Waals surface area (Å²) in [6.07, 6.45) is 1.90. The Hall–Kier alpha value is -0.810. The van der Waals surface area contributed by atoms with E-state index in [4.69, 9.17) is 11.6 Å². The van der Waals surface area contributed by atoms with Crippen molar-refractivity contribution in [2.24, 2.45) is 0 Å². The molecule has 3 amide bonds. The van der Waals surface area contributed by atoms with E-state index in [9.17, 15) is 9.59 Å². The molecular formula is C11H22ClN3O2. The van der Waals surface area contributed by atoms with E-state index in [2.05, 4.69) is 36.4 Å². The molecule has 0 aliphatic heterocycles. The van der Waals surface area contributed by atoms with Gasteiger partial charge < -0.3 is 10.2 Å². The molecule has 0 heterocycles. The fourth-order valence-corrected chi connectivity index (χ4v) is 1.22. The van der Waals surface area contributed by atoms with E-state index >= 15 is 0 Å². The van der Waals surface area contributed by atoms with Crippen molar-refractivity contribution in [2.75, 3.05) is 26.0 Å². The minimum atomic E-state index is -0.483. The van der Waals surface area contributed by atoms with Crippen LogP contribution >= 0.6 is 11.6 Å². The van der Waals surface area contributed by atoms with E-state index in [-0.39, 0.29) is 5.88 Å². The van der Waals surface area contributed by atoms with Crippen molar-refractivity contribution in [1.29, 1.82) is 0 Å². The Balaban J connectivity index is 3.45. The number of amides is 3. The minimum absolute atomic E-state index is 0.202. The van der Waals surface area contributed by atoms with Gasteiger partial charge in [0.15, 0.2) is 0 Å². The zero-order chi connectivity index (χ0) is 13.3. The Bertz CT molecular complexity index is 247. The van der Waals surface area contributed by atoms with E-state index in [1.165, 1.54) is 0 Å². The lowest BCUT2D eigenvalue weighted by molar-refractivity contribution is -0.117. The molecule has 0 saturated heterocycles. The Labute approximate surface area is 108 Å². The van der Waals surface area contributed by atoms with Crippen LogP contribution < -0.4 is 10.6 Å². The van der Waals surface area contributed by atoms with Crippen molar-refractivity contribution in [3.8, 4) is 0 Å². The molecule has 0 fully saturated rings. The maximum Gasteiger partial charge on any atom is 0.321 e. The van der Waals surface area contributed by atoms with Crippen molar-refractivity contribution >= 4 is 23.5 Å². The van der Waals surface area contributed by atoms with Crippen LogP contribution in [0.4, 0.5) is 4.79 Å². The predicted octanol–water partition coefficient (Wildman–Crippen LogP) is 1.17. The molecule has 0 bridgehead atoms. The van der Waals surface area contributed by atoms with Gasteiger partial charge in [-0.3, -0.25) is 10.1 Å². The summed E-state index contributed by atoms with van der Waals surface area (Å²) in [7, 11) is 2.07. The van der Waals surface area contributed by atoms with Gasteiger partial charge in [0.2, 0.25) is 5.91 Å². The Morgan fingerprint density at radius 3 is 2.47 bits per heavy atom. The van der Waals surface area contributed by atoms with Gasteiger partial charge in [0.05, 0.1) is 0 Å². The molecule has 0 aromatic rings. The third-order valence-electron chi connectivity index (χ3n) is 2.48. The fourth-order valence-electron chi connectivity index (χ4n) is 1.15. The first kappa shape index (κ1) is 16.2. The first-order valence-electron chi connectivity index (χ1n) is 5.81. The predicted molar refractivity (Wildman–Crippen MR) is 69.3 cm³/mol. The highest BCUT2D eigenvalue weighted by molar-refractivity contribution is 6.28. The lowest BCUT2D eigenvalue weighted by atomic mass is 10.2. The van der Waals surface area contributed by atoms with Gasteiger partial charge in [-0.05, 0) is 40.3 Å². The summed E-state index contributed by atoms with van der Waals surface area (Å²) in [5.41, 5.74) is 0. The SMILES string of the molecule is CC(C)N(C)CCCCNC(=O)NC(=O)CCl. The fraction of sp³-hybridized carbons (Fsp3) is 0.818. The van der Waals surface area contributed by atoms with E-state index < -0.39 is 11.9 Å². The van der Waals surface area contributed by atoms with Crippen LogP contribution in [0.2, 0.25) is 0 Å². The molecule has 0 radical (unpaired) electrons. The molecule has 17 heavy (non-hydrogen) atoms. The summed E-state index contributed by atoms with van der Waals surface area (Å²) in [4.78, 5) is 24.1. The second kappa shape index (κ2) is 9.24. The van der Waals surface area contributed by atoms with Crippen molar-refractivity contribution in [3.05, 3.63) is 0 Å². The molecule has 0 unspecified atom stereocenters. The first-order chi connectivity index (χ1) is 7.97. The van der Waals surface area contributed by atoms with Gasteiger partial charge in [-0.2, -0.15) is 0 Å². The van der Waals surface area contributed by atoms with E-state index in [1.807, 2.05) is 0 Å². The second-order valence-electron chi connectivity index (χ2n) is 4.22. The molecule has 5 nitrogen and oxygen atoms in total. The maximum absolute atomic E-state index is 11.1. The Kier molecular flexibility index (Phi) is 8.80. The molecule has 6 heteroatoms. The number of unbranched alkanes of at least 4 members (excludes halogenated alkanes) is 1. The summed E-state index contributed by atoms with van der Waals surface area (Å²) in [6.45, 7) is 5.85. The molecule has 0 aliphatic carbocycles. The number of carbonyl (C=O) groups excluding carboxylic acids is 2. The smallest absolute Gasteiger partial charge is 0.321 e. The Morgan fingerprint density at radius 2 is 1.94 bits per heavy atom. The number of urea groups is 1. The molecular weight excluding hydrogens is 242 g/mol. The summed E-state index contributed by atoms with van der Waals surface area (Å²) in [5, 5.41) is 4.72. The third kappa shape index (κ3) is 8.94. The number of halogens is 1. The van der Waals surface area contributed by atoms with Crippen LogP contribution in [0.15, 0.2) is 0 Å². The van der Waals surface area contributed by atoms with Gasteiger partial charge in [0.1, 0.15) is 5.88 Å². The quantitative estimate of drug-likeness (QED) is 0.535. The number of nitrogens with one attached hydrogen (secondary N) is 2. The number of imide groups is 1. The number of hydrogen-bond acceptors (Lipinski definition) is 3. The number of nitrogens with zero attached hydrogens (tertiary/aromatic N) is 1. The average Bonchev–Trinajstić information content (AvgIpc) is 2.27. The highest BCUT2D eigenvalue weighted by Gasteiger charge is 2.05. The lowest BCUT2D eigenvalue weighted by Gasteiger charge is -2.20. The number of hydrogen-bond donors (Lipinski definition) is 2. The molecule has 0 rings (SSSR count). The summed E-state index contributed by atoms with van der Waals surface area (Å²) < 4.78 is 0. The van der Waals surface area contributed by atoms with Crippen molar-refractivity contribution in [1.82, 2.24) is 15.5 Å². The van der Waals surface area contributed by atoms with Gasteiger partial charge >= 0.3 is 6.03 Å². The van der Waals surface area contributed by atoms with Crippen LogP contribution in [-0.4, -0.2) is 48.9 Å². The Morgan fingerprint density at radius 1 is 1.29 bits per heavy atom. The topological polar surface area (TPSA) is 61.4 Å². The highest BCUT2D eigenvalue weighted by Crippen LogP contribution is 1.97. The number of carbonyl (C=O) groups is 2. The van der Waals surface area contributed by atoms with E-state index in [1.54, 1.807) is 0 Å². The number of alkyl halides is 1. The van der Waals surface area contributed by atoms with Crippen LogP contribution in [0.1, 0.15) is 26.7 Å². The minimum Gasteiger partial charge on any atom is -0.338 e. The summed E-state index contributed by atoms with van der Waals surface area (Å²) in [5.74, 6) is -0.684. The van der Waals surface area contributed by atoms with Crippen molar-refractivity contribution in [3.63, 3.8) is 0 Å². The van der Waals surface area contributed by atoms with Gasteiger partial charge in [0.25, 0.3) is 0 Å². The lowest BCUT2D eigenvalue weighted by Crippen LogP contribution is -2.40. The monoisotopic (exact) mass is 263 g/mol. The van der Waals surface area contributed by atoms with Gasteiger partial charge in [-0.25, -0.2) is 4.79 Å². The molecule has 0 aromatic carbocycles. The molecule has 0 aromatic heterocycles. The zero-order valence-electron chi connectivity index (χ0n) is 10.8. The molecule has 0 aliphatic rings. The summed E-state index contributed by atoms with van der Waals surface area (Å²) in [6, 6.07) is 0.0560. The van der Waals surface area contributed by atoms with Gasteiger partial charge in [-0.1, -0.05) is 0 Å². The van der Waals surface area contributed by atoms with E-state index in [0.717, 1.165) is 19.4 Å². The van der Waals surface area contributed by atoms with Crippen LogP contribution in [-0.2, 0) is 4.79 Å². The largest absolute Gasteiger partial charge is 0.338 e. The second-order valence-corrected chi connectivity index (χ2v) is 4.49. The van der Waals surface area contributed by atoms with Crippen LogP contribution in [0.5, 0.6) is 0 Å². The van der Waals surface area contributed by atoms with Gasteiger partial charge in [0, 0.05) is 12.6 Å². The zero-order valence-corrected chi connectivity index (χ0v) is 11.5. The molecule has 0 saturated carbocycles. The van der Waals surface area contributed by atoms with Gasteiger partial charge in [-0.15, -0.1) is 11.6 Å². The molecule has 0 atom stereocenters. The van der Waals surface area contributed by atoms with Crippen LogP contribution in [0.3, 0.4) is 0 Å². The molecule has 0 spiro atoms. The van der Waals surface area contributed by atoms with Crippen LogP contribution in [0, 0.1) is 0 Å².